The number of aromatic nitrogens is 4. The van der Waals surface area contributed by atoms with Gasteiger partial charge in [-0.1, -0.05) is 19.3 Å². The number of carbonyl (C=O) groups is 1. The van der Waals surface area contributed by atoms with Crippen LogP contribution in [-0.2, 0) is 21.4 Å². The van der Waals surface area contributed by atoms with Gasteiger partial charge in [-0.05, 0) is 52.9 Å². The van der Waals surface area contributed by atoms with Crippen molar-refractivity contribution in [2.24, 2.45) is 5.41 Å². The van der Waals surface area contributed by atoms with Gasteiger partial charge in [0, 0.05) is 32.6 Å². The summed E-state index contributed by atoms with van der Waals surface area (Å²) in [5.41, 5.74) is -0.165. The van der Waals surface area contributed by atoms with Crippen LogP contribution in [0.25, 0.3) is 0 Å². The standard InChI is InChI=1S/C20H27FN6O3S/c21-17-4-6-18(7-5-17)31(29,30)27-12-10-25(11-13-27)19(28)14-20(8-2-1-3-9-20)15-26-16-22-23-24-26/h4-7,16H,1-3,8-15H2. The molecule has 0 spiro atoms. The van der Waals surface area contributed by atoms with Gasteiger partial charge in [0.25, 0.3) is 0 Å². The summed E-state index contributed by atoms with van der Waals surface area (Å²) in [6.07, 6.45) is 7.25. The number of amides is 1. The number of hydrogen-bond acceptors (Lipinski definition) is 6. The van der Waals surface area contributed by atoms with Crippen LogP contribution in [0.15, 0.2) is 35.5 Å². The first-order valence-electron chi connectivity index (χ1n) is 10.6. The second-order valence-corrected chi connectivity index (χ2v) is 10.4. The number of sulfonamides is 1. The molecular formula is C20H27FN6O3S. The fourth-order valence-electron chi connectivity index (χ4n) is 4.66. The summed E-state index contributed by atoms with van der Waals surface area (Å²) in [5, 5.41) is 11.4. The van der Waals surface area contributed by atoms with E-state index in [1.54, 1.807) is 15.9 Å². The summed E-state index contributed by atoms with van der Waals surface area (Å²) in [6.45, 7) is 1.77. The molecule has 0 N–H and O–H groups in total. The predicted molar refractivity (Wildman–Crippen MR) is 110 cm³/mol. The number of carbonyl (C=O) groups excluding carboxylic acids is 1. The molecule has 168 valence electrons. The van der Waals surface area contributed by atoms with Gasteiger partial charge in [0.15, 0.2) is 0 Å². The van der Waals surface area contributed by atoms with Crippen LogP contribution in [0.3, 0.4) is 0 Å². The van der Waals surface area contributed by atoms with Gasteiger partial charge >= 0.3 is 0 Å². The summed E-state index contributed by atoms with van der Waals surface area (Å²) < 4.78 is 41.8. The number of piperazine rings is 1. The summed E-state index contributed by atoms with van der Waals surface area (Å²) in [5.74, 6) is -0.429. The number of nitrogens with zero attached hydrogens (tertiary/aromatic N) is 6. The lowest BCUT2D eigenvalue weighted by Crippen LogP contribution is -2.51. The SMILES string of the molecule is O=C(CC1(Cn2cnnn2)CCCCC1)N1CCN(S(=O)(=O)c2ccc(F)cc2)CC1. The summed E-state index contributed by atoms with van der Waals surface area (Å²) in [4.78, 5) is 14.9. The Labute approximate surface area is 181 Å². The second-order valence-electron chi connectivity index (χ2n) is 8.48. The van der Waals surface area contributed by atoms with Gasteiger partial charge in [-0.3, -0.25) is 4.79 Å². The maximum atomic E-state index is 13.1. The lowest BCUT2D eigenvalue weighted by Gasteiger charge is -2.40. The number of rotatable bonds is 6. The average molecular weight is 451 g/mol. The Kier molecular flexibility index (Phi) is 6.33. The molecule has 2 fully saturated rings. The molecule has 0 bridgehead atoms. The molecule has 1 saturated heterocycles. The number of tetrazole rings is 1. The van der Waals surface area contributed by atoms with Crippen LogP contribution in [0.4, 0.5) is 4.39 Å². The van der Waals surface area contributed by atoms with Gasteiger partial charge in [-0.2, -0.15) is 4.31 Å². The van der Waals surface area contributed by atoms with E-state index in [1.165, 1.54) is 22.9 Å². The highest BCUT2D eigenvalue weighted by atomic mass is 32.2. The van der Waals surface area contributed by atoms with E-state index in [-0.39, 0.29) is 29.3 Å². The Bertz CT molecular complexity index is 982. The Morgan fingerprint density at radius 1 is 1.03 bits per heavy atom. The third-order valence-corrected chi connectivity index (χ3v) is 8.28. The van der Waals surface area contributed by atoms with E-state index in [1.807, 2.05) is 0 Å². The number of hydrogen-bond donors (Lipinski definition) is 0. The zero-order chi connectivity index (χ0) is 21.9. The predicted octanol–water partition coefficient (Wildman–Crippen LogP) is 1.69. The van der Waals surface area contributed by atoms with Gasteiger partial charge < -0.3 is 4.90 Å². The molecule has 4 rings (SSSR count). The maximum absolute atomic E-state index is 13.1. The fourth-order valence-corrected chi connectivity index (χ4v) is 6.08. The van der Waals surface area contributed by atoms with Crippen molar-refractivity contribution in [3.05, 3.63) is 36.4 Å². The normalized spacial score (nSPS) is 20.0. The van der Waals surface area contributed by atoms with Gasteiger partial charge in [0.2, 0.25) is 15.9 Å². The second kappa shape index (κ2) is 8.99. The van der Waals surface area contributed by atoms with E-state index in [2.05, 4.69) is 15.5 Å². The molecule has 2 aliphatic rings. The van der Waals surface area contributed by atoms with Crippen LogP contribution >= 0.6 is 0 Å². The van der Waals surface area contributed by atoms with Crippen molar-refractivity contribution in [3.8, 4) is 0 Å². The van der Waals surface area contributed by atoms with E-state index in [4.69, 9.17) is 0 Å². The molecule has 1 aromatic carbocycles. The molecule has 1 aromatic heterocycles. The largest absolute Gasteiger partial charge is 0.340 e. The van der Waals surface area contributed by atoms with Gasteiger partial charge in [0.05, 0.1) is 11.4 Å². The molecule has 1 aliphatic heterocycles. The maximum Gasteiger partial charge on any atom is 0.243 e. The van der Waals surface area contributed by atoms with Gasteiger partial charge in [0.1, 0.15) is 12.1 Å². The Hall–Kier alpha value is -2.40. The van der Waals surface area contributed by atoms with E-state index < -0.39 is 15.8 Å². The monoisotopic (exact) mass is 450 g/mol. The van der Waals surface area contributed by atoms with Gasteiger partial charge in [-0.15, -0.1) is 5.10 Å². The first-order valence-corrected chi connectivity index (χ1v) is 12.1. The minimum absolute atomic E-state index is 0.0498. The van der Waals surface area contributed by atoms with E-state index in [9.17, 15) is 17.6 Å². The molecular weight excluding hydrogens is 423 g/mol. The minimum atomic E-state index is -3.70. The Balaban J connectivity index is 1.38. The van der Waals surface area contributed by atoms with Crippen molar-refractivity contribution in [2.75, 3.05) is 26.2 Å². The molecule has 0 radical (unpaired) electrons. The zero-order valence-electron chi connectivity index (χ0n) is 17.4. The van der Waals surface area contributed by atoms with E-state index >= 15 is 0 Å². The van der Waals surface area contributed by atoms with Crippen LogP contribution in [0.2, 0.25) is 0 Å². The third kappa shape index (κ3) is 4.93. The molecule has 2 aromatic rings. The molecule has 0 unspecified atom stereocenters. The van der Waals surface area contributed by atoms with Crippen molar-refractivity contribution < 1.29 is 17.6 Å². The highest BCUT2D eigenvalue weighted by Gasteiger charge is 2.38. The van der Waals surface area contributed by atoms with Crippen LogP contribution in [0.5, 0.6) is 0 Å². The highest BCUT2D eigenvalue weighted by molar-refractivity contribution is 7.89. The third-order valence-electron chi connectivity index (χ3n) is 6.37. The smallest absolute Gasteiger partial charge is 0.243 e. The van der Waals surface area contributed by atoms with Crippen LogP contribution < -0.4 is 0 Å². The lowest BCUT2D eigenvalue weighted by molar-refractivity contribution is -0.136. The molecule has 1 saturated carbocycles. The van der Waals surface area contributed by atoms with Crippen LogP contribution in [0, 0.1) is 11.2 Å². The van der Waals surface area contributed by atoms with E-state index in [0.717, 1.165) is 37.8 Å². The first-order chi connectivity index (χ1) is 14.9. The summed E-state index contributed by atoms with van der Waals surface area (Å²) >= 11 is 0. The quantitative estimate of drug-likeness (QED) is 0.664. The fraction of sp³-hybridized carbons (Fsp3) is 0.600. The molecule has 1 amide bonds. The van der Waals surface area contributed by atoms with Crippen molar-refractivity contribution in [3.63, 3.8) is 0 Å². The summed E-state index contributed by atoms with van der Waals surface area (Å²) in [6, 6.07) is 4.82. The van der Waals surface area contributed by atoms with Crippen molar-refractivity contribution in [1.29, 1.82) is 0 Å². The van der Waals surface area contributed by atoms with Crippen molar-refractivity contribution in [1.82, 2.24) is 29.4 Å². The first kappa shape index (κ1) is 21.8. The highest BCUT2D eigenvalue weighted by Crippen LogP contribution is 2.41. The minimum Gasteiger partial charge on any atom is -0.340 e. The summed E-state index contributed by atoms with van der Waals surface area (Å²) in [7, 11) is -3.70. The van der Waals surface area contributed by atoms with Gasteiger partial charge in [-0.25, -0.2) is 17.5 Å². The molecule has 31 heavy (non-hydrogen) atoms. The van der Waals surface area contributed by atoms with E-state index in [0.29, 0.717) is 26.1 Å². The van der Waals surface area contributed by atoms with Crippen molar-refractivity contribution >= 4 is 15.9 Å². The lowest BCUT2D eigenvalue weighted by atomic mass is 9.71. The number of halogens is 1. The Morgan fingerprint density at radius 3 is 2.32 bits per heavy atom. The van der Waals surface area contributed by atoms with Crippen molar-refractivity contribution in [2.45, 2.75) is 50.0 Å². The van der Waals surface area contributed by atoms with Crippen LogP contribution in [-0.4, -0.2) is 69.9 Å². The molecule has 2 heterocycles. The van der Waals surface area contributed by atoms with Crippen LogP contribution in [0.1, 0.15) is 38.5 Å². The molecule has 9 nitrogen and oxygen atoms in total. The topological polar surface area (TPSA) is 101 Å². The average Bonchev–Trinajstić information content (AvgIpc) is 3.27. The molecule has 11 heteroatoms. The Morgan fingerprint density at radius 2 is 1.71 bits per heavy atom. The molecule has 1 aliphatic carbocycles. The zero-order valence-corrected chi connectivity index (χ0v) is 18.2. The number of benzene rings is 1. The molecule has 0 atom stereocenters.